The molecule has 0 amide bonds. The Balaban J connectivity index is 1.85. The number of benzene rings is 1. The van der Waals surface area contributed by atoms with Crippen LogP contribution in [0.1, 0.15) is 5.82 Å². The van der Waals surface area contributed by atoms with Crippen LogP contribution in [0.3, 0.4) is 0 Å². The maximum absolute atomic E-state index is 5.78. The van der Waals surface area contributed by atoms with Crippen LogP contribution in [0, 0.1) is 0 Å². The Morgan fingerprint density at radius 1 is 1.06 bits per heavy atom. The molecule has 0 atom stereocenters. The molecule has 0 radical (unpaired) electrons. The SMILES string of the molecule is Nc1ccc2nnc(CSc3ccccc3)n2c1. The van der Waals surface area contributed by atoms with Gasteiger partial charge in [0.05, 0.1) is 5.75 Å². The summed E-state index contributed by atoms with van der Waals surface area (Å²) >= 11 is 1.73. The van der Waals surface area contributed by atoms with Crippen LogP contribution >= 0.6 is 11.8 Å². The summed E-state index contributed by atoms with van der Waals surface area (Å²) in [6, 6.07) is 13.9. The lowest BCUT2D eigenvalue weighted by atomic mass is 10.4. The molecule has 0 spiro atoms. The van der Waals surface area contributed by atoms with E-state index in [4.69, 9.17) is 5.73 Å². The first kappa shape index (κ1) is 11.1. The topological polar surface area (TPSA) is 56.2 Å². The van der Waals surface area contributed by atoms with Crippen molar-refractivity contribution in [3.05, 3.63) is 54.5 Å². The molecule has 0 unspecified atom stereocenters. The Bertz CT molecular complexity index is 663. The van der Waals surface area contributed by atoms with Crippen molar-refractivity contribution in [3.8, 4) is 0 Å². The fourth-order valence-corrected chi connectivity index (χ4v) is 2.56. The summed E-state index contributed by atoms with van der Waals surface area (Å²) in [5, 5.41) is 8.30. The second-order valence-electron chi connectivity index (χ2n) is 3.91. The minimum absolute atomic E-state index is 0.716. The Morgan fingerprint density at radius 3 is 2.72 bits per heavy atom. The first-order chi connectivity index (χ1) is 8.83. The largest absolute Gasteiger partial charge is 0.398 e. The van der Waals surface area contributed by atoms with Gasteiger partial charge in [0, 0.05) is 16.8 Å². The third kappa shape index (κ3) is 2.17. The first-order valence-corrected chi connectivity index (χ1v) is 6.58. The predicted molar refractivity (Wildman–Crippen MR) is 73.4 cm³/mol. The van der Waals surface area contributed by atoms with Gasteiger partial charge in [0.1, 0.15) is 5.82 Å². The average molecular weight is 256 g/mol. The Morgan fingerprint density at radius 2 is 1.89 bits per heavy atom. The lowest BCUT2D eigenvalue weighted by Gasteiger charge is -2.01. The third-order valence-corrected chi connectivity index (χ3v) is 3.61. The molecule has 4 nitrogen and oxygen atoms in total. The standard InChI is InChI=1S/C13H12N4S/c14-10-6-7-12-15-16-13(17(12)8-10)9-18-11-4-2-1-3-5-11/h1-8H,9,14H2. The fraction of sp³-hybridized carbons (Fsp3) is 0.0769. The van der Waals surface area contributed by atoms with E-state index < -0.39 is 0 Å². The van der Waals surface area contributed by atoms with Crippen molar-refractivity contribution in [1.29, 1.82) is 0 Å². The number of anilines is 1. The molecule has 3 aromatic rings. The number of rotatable bonds is 3. The lowest BCUT2D eigenvalue weighted by Crippen LogP contribution is -1.95. The van der Waals surface area contributed by atoms with E-state index in [1.165, 1.54) is 4.90 Å². The van der Waals surface area contributed by atoms with E-state index in [1.54, 1.807) is 11.8 Å². The highest BCUT2D eigenvalue weighted by Gasteiger charge is 2.05. The van der Waals surface area contributed by atoms with Gasteiger partial charge >= 0.3 is 0 Å². The second kappa shape index (κ2) is 4.70. The number of nitrogen functional groups attached to an aromatic ring is 1. The third-order valence-electron chi connectivity index (χ3n) is 2.61. The minimum Gasteiger partial charge on any atom is -0.398 e. The summed E-state index contributed by atoms with van der Waals surface area (Å²) in [5.41, 5.74) is 7.32. The number of hydrogen-bond donors (Lipinski definition) is 1. The van der Waals surface area contributed by atoms with Crippen LogP contribution < -0.4 is 5.73 Å². The van der Waals surface area contributed by atoms with Gasteiger partial charge in [-0.1, -0.05) is 18.2 Å². The molecule has 0 aliphatic carbocycles. The molecule has 0 aliphatic rings. The number of nitrogens with zero attached hydrogens (tertiary/aromatic N) is 3. The van der Waals surface area contributed by atoms with E-state index in [9.17, 15) is 0 Å². The Hall–Kier alpha value is -2.01. The second-order valence-corrected chi connectivity index (χ2v) is 4.96. The first-order valence-electron chi connectivity index (χ1n) is 5.60. The summed E-state index contributed by atoms with van der Waals surface area (Å²) < 4.78 is 1.94. The molecule has 0 bridgehead atoms. The molecule has 5 heteroatoms. The van der Waals surface area contributed by atoms with Crippen molar-refractivity contribution in [3.63, 3.8) is 0 Å². The Kier molecular flexibility index (Phi) is 2.90. The van der Waals surface area contributed by atoms with Crippen LogP contribution in [0.25, 0.3) is 5.65 Å². The van der Waals surface area contributed by atoms with Crippen molar-refractivity contribution in [2.45, 2.75) is 10.6 Å². The maximum Gasteiger partial charge on any atom is 0.160 e. The van der Waals surface area contributed by atoms with Gasteiger partial charge in [-0.05, 0) is 24.3 Å². The zero-order valence-corrected chi connectivity index (χ0v) is 10.5. The molecule has 0 saturated carbocycles. The van der Waals surface area contributed by atoms with Gasteiger partial charge in [-0.15, -0.1) is 22.0 Å². The molecule has 2 N–H and O–H groups in total. The van der Waals surface area contributed by atoms with E-state index in [1.807, 2.05) is 40.9 Å². The minimum atomic E-state index is 0.716. The van der Waals surface area contributed by atoms with E-state index in [0.29, 0.717) is 5.69 Å². The normalized spacial score (nSPS) is 10.9. The smallest absolute Gasteiger partial charge is 0.160 e. The van der Waals surface area contributed by atoms with Crippen LogP contribution in [0.15, 0.2) is 53.6 Å². The van der Waals surface area contributed by atoms with Gasteiger partial charge in [0.25, 0.3) is 0 Å². The van der Waals surface area contributed by atoms with Crippen LogP contribution in [0.4, 0.5) is 5.69 Å². The molecule has 3 rings (SSSR count). The molecule has 18 heavy (non-hydrogen) atoms. The average Bonchev–Trinajstić information content (AvgIpc) is 2.80. The number of aromatic nitrogens is 3. The maximum atomic E-state index is 5.78. The zero-order chi connectivity index (χ0) is 12.4. The van der Waals surface area contributed by atoms with Crippen LogP contribution in [-0.2, 0) is 5.75 Å². The zero-order valence-electron chi connectivity index (χ0n) is 9.65. The van der Waals surface area contributed by atoms with Gasteiger partial charge in [0.15, 0.2) is 5.65 Å². The van der Waals surface area contributed by atoms with Crippen LogP contribution in [-0.4, -0.2) is 14.6 Å². The van der Waals surface area contributed by atoms with Gasteiger partial charge in [-0.2, -0.15) is 0 Å². The van der Waals surface area contributed by atoms with Gasteiger partial charge in [-0.3, -0.25) is 4.40 Å². The van der Waals surface area contributed by atoms with Crippen LogP contribution in [0.5, 0.6) is 0 Å². The highest BCUT2D eigenvalue weighted by molar-refractivity contribution is 7.98. The van der Waals surface area contributed by atoms with Gasteiger partial charge in [0.2, 0.25) is 0 Å². The number of fused-ring (bicyclic) bond motifs is 1. The van der Waals surface area contributed by atoms with Gasteiger partial charge in [-0.25, -0.2) is 0 Å². The summed E-state index contributed by atoms with van der Waals surface area (Å²) in [6.45, 7) is 0. The number of pyridine rings is 1. The molecule has 0 saturated heterocycles. The summed E-state index contributed by atoms with van der Waals surface area (Å²) in [6.07, 6.45) is 1.86. The summed E-state index contributed by atoms with van der Waals surface area (Å²) in [4.78, 5) is 1.22. The van der Waals surface area contributed by atoms with Crippen molar-refractivity contribution >= 4 is 23.1 Å². The predicted octanol–water partition coefficient (Wildman–Crippen LogP) is 2.60. The fourth-order valence-electron chi connectivity index (χ4n) is 1.72. The number of thioether (sulfide) groups is 1. The highest BCUT2D eigenvalue weighted by Crippen LogP contribution is 2.22. The quantitative estimate of drug-likeness (QED) is 0.732. The van der Waals surface area contributed by atoms with Gasteiger partial charge < -0.3 is 5.73 Å². The van der Waals surface area contributed by atoms with Crippen LogP contribution in [0.2, 0.25) is 0 Å². The monoisotopic (exact) mass is 256 g/mol. The van der Waals surface area contributed by atoms with Crippen molar-refractivity contribution in [2.75, 3.05) is 5.73 Å². The van der Waals surface area contributed by atoms with Crippen molar-refractivity contribution in [1.82, 2.24) is 14.6 Å². The molecular formula is C13H12N4S. The molecule has 2 aromatic heterocycles. The molecule has 0 aliphatic heterocycles. The molecular weight excluding hydrogens is 244 g/mol. The highest BCUT2D eigenvalue weighted by atomic mass is 32.2. The van der Waals surface area contributed by atoms with Crippen molar-refractivity contribution in [2.24, 2.45) is 0 Å². The van der Waals surface area contributed by atoms with E-state index in [2.05, 4.69) is 22.3 Å². The lowest BCUT2D eigenvalue weighted by molar-refractivity contribution is 0.990. The summed E-state index contributed by atoms with van der Waals surface area (Å²) in [5.74, 6) is 1.68. The molecule has 1 aromatic carbocycles. The summed E-state index contributed by atoms with van der Waals surface area (Å²) in [7, 11) is 0. The number of hydrogen-bond acceptors (Lipinski definition) is 4. The van der Waals surface area contributed by atoms with E-state index in [-0.39, 0.29) is 0 Å². The molecule has 0 fully saturated rings. The molecule has 2 heterocycles. The van der Waals surface area contributed by atoms with E-state index in [0.717, 1.165) is 17.2 Å². The Labute approximate surface area is 109 Å². The van der Waals surface area contributed by atoms with Crippen molar-refractivity contribution < 1.29 is 0 Å². The van der Waals surface area contributed by atoms with E-state index >= 15 is 0 Å². The molecule has 90 valence electrons. The number of nitrogens with two attached hydrogens (primary N) is 1.